The largest absolute Gasteiger partial charge is 0.387 e. The van der Waals surface area contributed by atoms with Crippen molar-refractivity contribution < 1.29 is 5.11 Å². The first-order valence-corrected chi connectivity index (χ1v) is 6.34. The number of fused-ring (bicyclic) bond motifs is 1. The monoisotopic (exact) mass is 247 g/mol. The molecule has 2 unspecified atom stereocenters. The summed E-state index contributed by atoms with van der Waals surface area (Å²) in [5.41, 5.74) is 2.91. The van der Waals surface area contributed by atoms with E-state index in [2.05, 4.69) is 24.1 Å². The molecule has 1 aromatic heterocycles. The molecule has 0 aliphatic heterocycles. The van der Waals surface area contributed by atoms with Gasteiger partial charge in [-0.2, -0.15) is 0 Å². The summed E-state index contributed by atoms with van der Waals surface area (Å²) in [6, 6.07) is 6.30. The molecule has 0 amide bonds. The molecular weight excluding hydrogens is 226 g/mol. The number of nitrogens with one attached hydrogen (secondary N) is 1. The number of aliphatic hydroxyl groups is 1. The van der Waals surface area contributed by atoms with Crippen LogP contribution in [-0.4, -0.2) is 26.7 Å². The van der Waals surface area contributed by atoms with E-state index in [0.717, 1.165) is 16.6 Å². The molecule has 2 N–H and O–H groups in total. The predicted molar refractivity (Wildman–Crippen MR) is 73.4 cm³/mol. The number of rotatable bonds is 4. The quantitative estimate of drug-likeness (QED) is 0.868. The zero-order valence-electron chi connectivity index (χ0n) is 11.4. The number of aliphatic hydroxyl groups excluding tert-OH is 1. The molecule has 1 heterocycles. The van der Waals surface area contributed by atoms with Crippen LogP contribution in [0.2, 0.25) is 0 Å². The molecule has 2 rings (SSSR count). The lowest BCUT2D eigenvalue weighted by Gasteiger charge is -2.22. The molecule has 0 spiro atoms. The van der Waals surface area contributed by atoms with E-state index in [9.17, 15) is 5.11 Å². The van der Waals surface area contributed by atoms with Gasteiger partial charge in [-0.25, -0.2) is 4.98 Å². The normalized spacial score (nSPS) is 15.2. The average Bonchev–Trinajstić information content (AvgIpc) is 2.69. The summed E-state index contributed by atoms with van der Waals surface area (Å²) in [5, 5.41) is 13.6. The highest BCUT2D eigenvalue weighted by molar-refractivity contribution is 5.76. The molecule has 2 atom stereocenters. The minimum Gasteiger partial charge on any atom is -0.387 e. The van der Waals surface area contributed by atoms with Crippen LogP contribution in [0.3, 0.4) is 0 Å². The predicted octanol–water partition coefficient (Wildman–Crippen LogP) is 1.99. The number of benzene rings is 1. The lowest BCUT2D eigenvalue weighted by molar-refractivity contribution is 0.132. The molecule has 0 aliphatic rings. The molecule has 0 bridgehead atoms. The van der Waals surface area contributed by atoms with E-state index in [1.165, 1.54) is 0 Å². The van der Waals surface area contributed by atoms with Crippen molar-refractivity contribution in [1.29, 1.82) is 0 Å². The van der Waals surface area contributed by atoms with Crippen molar-refractivity contribution >= 4 is 11.0 Å². The Morgan fingerprint density at radius 3 is 2.67 bits per heavy atom. The third-order valence-corrected chi connectivity index (χ3v) is 3.16. The highest BCUT2D eigenvalue weighted by Gasteiger charge is 2.17. The fraction of sp³-hybridized carbons (Fsp3) is 0.500. The minimum atomic E-state index is -0.515. The van der Waals surface area contributed by atoms with E-state index in [1.807, 2.05) is 36.7 Å². The third-order valence-electron chi connectivity index (χ3n) is 3.16. The molecule has 4 heteroatoms. The first-order chi connectivity index (χ1) is 8.49. The zero-order chi connectivity index (χ0) is 13.3. The third kappa shape index (κ3) is 2.54. The van der Waals surface area contributed by atoms with Crippen LogP contribution < -0.4 is 5.32 Å². The van der Waals surface area contributed by atoms with Gasteiger partial charge in [0.1, 0.15) is 0 Å². The van der Waals surface area contributed by atoms with Crippen molar-refractivity contribution in [2.45, 2.75) is 39.0 Å². The summed E-state index contributed by atoms with van der Waals surface area (Å²) in [6.07, 6.45) is 1.27. The van der Waals surface area contributed by atoms with E-state index >= 15 is 0 Å². The lowest BCUT2D eigenvalue weighted by atomic mass is 10.0. The van der Waals surface area contributed by atoms with Crippen molar-refractivity contribution in [1.82, 2.24) is 14.9 Å². The van der Waals surface area contributed by atoms with Gasteiger partial charge in [-0.1, -0.05) is 19.9 Å². The summed E-state index contributed by atoms with van der Waals surface area (Å²) in [7, 11) is 1.97. The van der Waals surface area contributed by atoms with Gasteiger partial charge in [0.05, 0.1) is 23.5 Å². The molecule has 98 valence electrons. The number of nitrogens with zero attached hydrogens (tertiary/aromatic N) is 2. The molecule has 2 aromatic rings. The van der Waals surface area contributed by atoms with Crippen LogP contribution in [-0.2, 0) is 7.05 Å². The lowest BCUT2D eigenvalue weighted by Crippen LogP contribution is -2.36. The van der Waals surface area contributed by atoms with Gasteiger partial charge in [-0.3, -0.25) is 0 Å². The van der Waals surface area contributed by atoms with Crippen LogP contribution >= 0.6 is 0 Å². The highest BCUT2D eigenvalue weighted by atomic mass is 16.3. The standard InChI is InChI=1S/C14H21N3O/c1-9(2)16-10(3)14(18)11-5-6-13-12(7-11)15-8-17(13)4/h5-10,14,16,18H,1-4H3. The number of imidazole rings is 1. The Labute approximate surface area is 108 Å². The van der Waals surface area contributed by atoms with Crippen LogP contribution in [0.15, 0.2) is 24.5 Å². The van der Waals surface area contributed by atoms with Crippen LogP contribution in [0.5, 0.6) is 0 Å². The van der Waals surface area contributed by atoms with Gasteiger partial charge in [0.15, 0.2) is 0 Å². The van der Waals surface area contributed by atoms with E-state index in [0.29, 0.717) is 6.04 Å². The highest BCUT2D eigenvalue weighted by Crippen LogP contribution is 2.21. The number of hydrogen-bond acceptors (Lipinski definition) is 3. The molecular formula is C14H21N3O. The molecule has 4 nitrogen and oxygen atoms in total. The summed E-state index contributed by atoms with van der Waals surface area (Å²) in [5.74, 6) is 0. The fourth-order valence-corrected chi connectivity index (χ4v) is 2.24. The SMILES string of the molecule is CC(C)NC(C)C(O)c1ccc2c(c1)ncn2C. The summed E-state index contributed by atoms with van der Waals surface area (Å²) in [4.78, 5) is 4.31. The maximum absolute atomic E-state index is 10.3. The van der Waals surface area contributed by atoms with Crippen LogP contribution in [0.1, 0.15) is 32.4 Å². The van der Waals surface area contributed by atoms with E-state index < -0.39 is 6.10 Å². The Morgan fingerprint density at radius 2 is 2.00 bits per heavy atom. The van der Waals surface area contributed by atoms with Crippen molar-refractivity contribution in [2.75, 3.05) is 0 Å². The van der Waals surface area contributed by atoms with Crippen molar-refractivity contribution in [3.8, 4) is 0 Å². The first-order valence-electron chi connectivity index (χ1n) is 6.34. The molecule has 0 radical (unpaired) electrons. The molecule has 0 aliphatic carbocycles. The van der Waals surface area contributed by atoms with Gasteiger partial charge < -0.3 is 15.0 Å². The fourth-order valence-electron chi connectivity index (χ4n) is 2.24. The maximum atomic E-state index is 10.3. The molecule has 18 heavy (non-hydrogen) atoms. The van der Waals surface area contributed by atoms with Crippen LogP contribution in [0.25, 0.3) is 11.0 Å². The van der Waals surface area contributed by atoms with Crippen LogP contribution in [0.4, 0.5) is 0 Å². The maximum Gasteiger partial charge on any atom is 0.0955 e. The smallest absolute Gasteiger partial charge is 0.0955 e. The minimum absolute atomic E-state index is 0.0196. The zero-order valence-corrected chi connectivity index (χ0v) is 11.4. The van der Waals surface area contributed by atoms with Crippen molar-refractivity contribution in [2.24, 2.45) is 7.05 Å². The summed E-state index contributed by atoms with van der Waals surface area (Å²) >= 11 is 0. The number of aromatic nitrogens is 2. The molecule has 0 saturated heterocycles. The van der Waals surface area contributed by atoms with E-state index in [-0.39, 0.29) is 6.04 Å². The Balaban J connectivity index is 2.24. The van der Waals surface area contributed by atoms with Gasteiger partial charge in [-0.15, -0.1) is 0 Å². The number of aryl methyl sites for hydroxylation is 1. The van der Waals surface area contributed by atoms with Crippen molar-refractivity contribution in [3.63, 3.8) is 0 Å². The Bertz CT molecular complexity index is 533. The Hall–Kier alpha value is -1.39. The van der Waals surface area contributed by atoms with Gasteiger partial charge in [0.2, 0.25) is 0 Å². The Kier molecular flexibility index (Phi) is 3.68. The first kappa shape index (κ1) is 13.1. The van der Waals surface area contributed by atoms with Gasteiger partial charge in [-0.05, 0) is 24.6 Å². The van der Waals surface area contributed by atoms with Gasteiger partial charge >= 0.3 is 0 Å². The van der Waals surface area contributed by atoms with E-state index in [1.54, 1.807) is 6.33 Å². The van der Waals surface area contributed by atoms with E-state index in [4.69, 9.17) is 0 Å². The van der Waals surface area contributed by atoms with Gasteiger partial charge in [0, 0.05) is 19.1 Å². The Morgan fingerprint density at radius 1 is 1.28 bits per heavy atom. The topological polar surface area (TPSA) is 50.1 Å². The molecule has 0 saturated carbocycles. The average molecular weight is 247 g/mol. The molecule has 0 fully saturated rings. The van der Waals surface area contributed by atoms with Gasteiger partial charge in [0.25, 0.3) is 0 Å². The second kappa shape index (κ2) is 5.08. The summed E-state index contributed by atoms with van der Waals surface area (Å²) < 4.78 is 1.97. The second-order valence-corrected chi connectivity index (χ2v) is 5.16. The van der Waals surface area contributed by atoms with Crippen LogP contribution in [0, 0.1) is 0 Å². The summed E-state index contributed by atoms with van der Waals surface area (Å²) in [6.45, 7) is 6.14. The van der Waals surface area contributed by atoms with Crippen molar-refractivity contribution in [3.05, 3.63) is 30.1 Å². The number of hydrogen-bond donors (Lipinski definition) is 2. The molecule has 1 aromatic carbocycles. The second-order valence-electron chi connectivity index (χ2n) is 5.16.